The number of hydrogen-bond donors (Lipinski definition) is 1. The van der Waals surface area contributed by atoms with Gasteiger partial charge in [-0.15, -0.1) is 0 Å². The largest absolute Gasteiger partial charge is 0.481 e. The van der Waals surface area contributed by atoms with Crippen molar-refractivity contribution in [1.82, 2.24) is 5.32 Å². The van der Waals surface area contributed by atoms with Gasteiger partial charge in [0.25, 0.3) is 5.91 Å². The zero-order chi connectivity index (χ0) is 17.9. The number of nitrogens with one attached hydrogen (secondary N) is 1. The van der Waals surface area contributed by atoms with Crippen LogP contribution >= 0.6 is 15.9 Å². The van der Waals surface area contributed by atoms with Gasteiger partial charge in [0.2, 0.25) is 0 Å². The molecule has 0 aliphatic carbocycles. The van der Waals surface area contributed by atoms with Crippen molar-refractivity contribution in [2.75, 3.05) is 0 Å². The quantitative estimate of drug-likeness (QED) is 0.779. The molecule has 0 spiro atoms. The third-order valence-electron chi connectivity index (χ3n) is 4.20. The summed E-state index contributed by atoms with van der Waals surface area (Å²) in [7, 11) is 0. The van der Waals surface area contributed by atoms with Crippen LogP contribution in [0.2, 0.25) is 0 Å². The van der Waals surface area contributed by atoms with E-state index >= 15 is 0 Å². The molecule has 0 saturated carbocycles. The van der Waals surface area contributed by atoms with Gasteiger partial charge in [0, 0.05) is 4.47 Å². The SMILES string of the molecule is Cc1cc(C)c(C(C)NC(=O)C(C)Oc2ccc(Br)cc2)cc1C. The molecule has 2 atom stereocenters. The molecule has 2 aromatic carbocycles. The van der Waals surface area contributed by atoms with E-state index in [1.807, 2.05) is 31.2 Å². The van der Waals surface area contributed by atoms with Crippen LogP contribution in [0.15, 0.2) is 40.9 Å². The highest BCUT2D eigenvalue weighted by atomic mass is 79.9. The van der Waals surface area contributed by atoms with Gasteiger partial charge in [-0.3, -0.25) is 4.79 Å². The Bertz CT molecular complexity index is 725. The van der Waals surface area contributed by atoms with Crippen LogP contribution < -0.4 is 10.1 Å². The molecule has 0 saturated heterocycles. The summed E-state index contributed by atoms with van der Waals surface area (Å²) in [6.45, 7) is 10.0. The van der Waals surface area contributed by atoms with Crippen LogP contribution in [0.25, 0.3) is 0 Å². The van der Waals surface area contributed by atoms with Crippen molar-refractivity contribution in [3.8, 4) is 5.75 Å². The molecule has 4 heteroatoms. The standard InChI is InChI=1S/C20H24BrNO2/c1-12-10-14(3)19(11-13(12)2)15(4)22-20(23)16(5)24-18-8-6-17(21)7-9-18/h6-11,15-16H,1-5H3,(H,22,23). The Balaban J connectivity index is 2.03. The molecule has 0 radical (unpaired) electrons. The number of amides is 1. The molecule has 0 aromatic heterocycles. The van der Waals surface area contributed by atoms with E-state index < -0.39 is 6.10 Å². The third-order valence-corrected chi connectivity index (χ3v) is 4.73. The summed E-state index contributed by atoms with van der Waals surface area (Å²) in [5.41, 5.74) is 4.83. The van der Waals surface area contributed by atoms with E-state index in [0.717, 1.165) is 10.0 Å². The summed E-state index contributed by atoms with van der Waals surface area (Å²) >= 11 is 3.38. The van der Waals surface area contributed by atoms with Crippen LogP contribution in [0.3, 0.4) is 0 Å². The maximum absolute atomic E-state index is 12.4. The van der Waals surface area contributed by atoms with E-state index in [0.29, 0.717) is 5.75 Å². The third kappa shape index (κ3) is 4.60. The smallest absolute Gasteiger partial charge is 0.261 e. The van der Waals surface area contributed by atoms with E-state index in [9.17, 15) is 4.79 Å². The van der Waals surface area contributed by atoms with Crippen LogP contribution in [0.4, 0.5) is 0 Å². The van der Waals surface area contributed by atoms with Crippen molar-refractivity contribution >= 4 is 21.8 Å². The lowest BCUT2D eigenvalue weighted by atomic mass is 9.96. The Morgan fingerprint density at radius 1 is 1.00 bits per heavy atom. The number of benzene rings is 2. The van der Waals surface area contributed by atoms with Gasteiger partial charge in [0.1, 0.15) is 5.75 Å². The fraction of sp³-hybridized carbons (Fsp3) is 0.350. The second-order valence-electron chi connectivity index (χ2n) is 6.24. The summed E-state index contributed by atoms with van der Waals surface area (Å²) < 4.78 is 6.69. The molecule has 3 nitrogen and oxygen atoms in total. The fourth-order valence-electron chi connectivity index (χ4n) is 2.63. The fourth-order valence-corrected chi connectivity index (χ4v) is 2.89. The molecule has 0 fully saturated rings. The maximum atomic E-state index is 12.4. The van der Waals surface area contributed by atoms with Gasteiger partial charge in [-0.25, -0.2) is 0 Å². The Labute approximate surface area is 152 Å². The predicted molar refractivity (Wildman–Crippen MR) is 101 cm³/mol. The number of carbonyl (C=O) groups is 1. The second-order valence-corrected chi connectivity index (χ2v) is 7.15. The van der Waals surface area contributed by atoms with Gasteiger partial charge >= 0.3 is 0 Å². The first-order valence-electron chi connectivity index (χ1n) is 8.08. The molecule has 0 aliphatic heterocycles. The average molecular weight is 390 g/mol. The van der Waals surface area contributed by atoms with E-state index in [2.05, 4.69) is 54.2 Å². The van der Waals surface area contributed by atoms with E-state index in [1.165, 1.54) is 16.7 Å². The molecule has 24 heavy (non-hydrogen) atoms. The van der Waals surface area contributed by atoms with Crippen molar-refractivity contribution in [3.05, 3.63) is 63.1 Å². The molecular weight excluding hydrogens is 366 g/mol. The molecule has 1 N–H and O–H groups in total. The number of ether oxygens (including phenoxy) is 1. The zero-order valence-electron chi connectivity index (χ0n) is 14.8. The van der Waals surface area contributed by atoms with E-state index in [1.54, 1.807) is 6.92 Å². The Morgan fingerprint density at radius 3 is 2.21 bits per heavy atom. The summed E-state index contributed by atoms with van der Waals surface area (Å²) in [6, 6.07) is 11.7. The van der Waals surface area contributed by atoms with Crippen LogP contribution in [0, 0.1) is 20.8 Å². The highest BCUT2D eigenvalue weighted by Gasteiger charge is 2.19. The molecular formula is C20H24BrNO2. The monoisotopic (exact) mass is 389 g/mol. The number of carbonyl (C=O) groups excluding carboxylic acids is 1. The van der Waals surface area contributed by atoms with Crippen molar-refractivity contribution in [2.24, 2.45) is 0 Å². The van der Waals surface area contributed by atoms with Gasteiger partial charge in [0.15, 0.2) is 6.10 Å². The normalized spacial score (nSPS) is 13.2. The van der Waals surface area contributed by atoms with Gasteiger partial charge < -0.3 is 10.1 Å². The zero-order valence-corrected chi connectivity index (χ0v) is 16.4. The number of rotatable bonds is 5. The van der Waals surface area contributed by atoms with E-state index in [-0.39, 0.29) is 11.9 Å². The summed E-state index contributed by atoms with van der Waals surface area (Å²) in [5.74, 6) is 0.555. The minimum absolute atomic E-state index is 0.0623. The van der Waals surface area contributed by atoms with Crippen LogP contribution in [0.1, 0.15) is 42.1 Å². The highest BCUT2D eigenvalue weighted by molar-refractivity contribution is 9.10. The number of hydrogen-bond acceptors (Lipinski definition) is 2. The minimum Gasteiger partial charge on any atom is -0.481 e. The highest BCUT2D eigenvalue weighted by Crippen LogP contribution is 2.22. The lowest BCUT2D eigenvalue weighted by molar-refractivity contribution is -0.127. The number of aryl methyl sites for hydroxylation is 3. The van der Waals surface area contributed by atoms with Crippen molar-refractivity contribution in [2.45, 2.75) is 46.8 Å². The molecule has 0 aliphatic rings. The van der Waals surface area contributed by atoms with Crippen LogP contribution in [-0.4, -0.2) is 12.0 Å². The predicted octanol–water partition coefficient (Wildman–Crippen LogP) is 5.02. The first-order chi connectivity index (χ1) is 11.3. The summed E-state index contributed by atoms with van der Waals surface area (Å²) in [5, 5.41) is 3.04. The molecule has 0 heterocycles. The maximum Gasteiger partial charge on any atom is 0.261 e. The van der Waals surface area contributed by atoms with Crippen LogP contribution in [0.5, 0.6) is 5.75 Å². The summed E-state index contributed by atoms with van der Waals surface area (Å²) in [6.07, 6.45) is -0.555. The van der Waals surface area contributed by atoms with Crippen molar-refractivity contribution in [1.29, 1.82) is 0 Å². The minimum atomic E-state index is -0.555. The lowest BCUT2D eigenvalue weighted by Crippen LogP contribution is -2.38. The topological polar surface area (TPSA) is 38.3 Å². The van der Waals surface area contributed by atoms with Gasteiger partial charge in [-0.05, 0) is 81.1 Å². The lowest BCUT2D eigenvalue weighted by Gasteiger charge is -2.21. The van der Waals surface area contributed by atoms with Gasteiger partial charge in [0.05, 0.1) is 6.04 Å². The molecule has 128 valence electrons. The van der Waals surface area contributed by atoms with E-state index in [4.69, 9.17) is 4.74 Å². The Morgan fingerprint density at radius 2 is 1.58 bits per heavy atom. The molecule has 2 unspecified atom stereocenters. The first-order valence-corrected chi connectivity index (χ1v) is 8.87. The average Bonchev–Trinajstić information content (AvgIpc) is 2.52. The Kier molecular flexibility index (Phi) is 6.05. The molecule has 1 amide bonds. The number of halogens is 1. The molecule has 2 aromatic rings. The van der Waals surface area contributed by atoms with Crippen molar-refractivity contribution < 1.29 is 9.53 Å². The molecule has 0 bridgehead atoms. The molecule has 2 rings (SSSR count). The second kappa shape index (κ2) is 7.84. The van der Waals surface area contributed by atoms with Crippen molar-refractivity contribution in [3.63, 3.8) is 0 Å². The summed E-state index contributed by atoms with van der Waals surface area (Å²) in [4.78, 5) is 12.4. The Hall–Kier alpha value is -1.81. The van der Waals surface area contributed by atoms with Gasteiger partial charge in [-0.2, -0.15) is 0 Å². The van der Waals surface area contributed by atoms with Crippen LogP contribution in [-0.2, 0) is 4.79 Å². The first kappa shape index (κ1) is 18.5. The van der Waals surface area contributed by atoms with Gasteiger partial charge in [-0.1, -0.05) is 28.1 Å².